The number of aliphatic carboxylic acids is 1. The summed E-state index contributed by atoms with van der Waals surface area (Å²) in [7, 11) is 0. The van der Waals surface area contributed by atoms with Gasteiger partial charge in [-0.1, -0.05) is 32.4 Å². The van der Waals surface area contributed by atoms with Gasteiger partial charge in [-0.2, -0.15) is 0 Å². The van der Waals surface area contributed by atoms with Crippen molar-refractivity contribution < 1.29 is 19.5 Å². The molecule has 1 aliphatic rings. The molecule has 2 rings (SSSR count). The lowest BCUT2D eigenvalue weighted by Crippen LogP contribution is -2.37. The van der Waals surface area contributed by atoms with Crippen molar-refractivity contribution in [3.8, 4) is 0 Å². The smallest absolute Gasteiger partial charge is 0.308 e. The minimum atomic E-state index is -0.901. The van der Waals surface area contributed by atoms with Crippen LogP contribution in [0.1, 0.15) is 50.9 Å². The van der Waals surface area contributed by atoms with Gasteiger partial charge in [0.2, 0.25) is 5.91 Å². The highest BCUT2D eigenvalue weighted by Crippen LogP contribution is 2.29. The first-order valence-electron chi connectivity index (χ1n) is 8.63. The number of carbonyl (C=O) groups is 3. The molecule has 142 valence electrons. The van der Waals surface area contributed by atoms with E-state index in [2.05, 4.69) is 5.32 Å². The van der Waals surface area contributed by atoms with Crippen molar-refractivity contribution in [3.05, 3.63) is 28.8 Å². The number of anilines is 1. The van der Waals surface area contributed by atoms with Crippen LogP contribution in [0.2, 0.25) is 5.02 Å². The van der Waals surface area contributed by atoms with Gasteiger partial charge in [0.1, 0.15) is 0 Å². The molecule has 2 amide bonds. The van der Waals surface area contributed by atoms with E-state index in [0.29, 0.717) is 25.1 Å². The van der Waals surface area contributed by atoms with Gasteiger partial charge in [-0.05, 0) is 37.0 Å². The summed E-state index contributed by atoms with van der Waals surface area (Å²) in [5.41, 5.74) is 0.609. The average Bonchev–Trinajstić information content (AvgIpc) is 2.88. The Hall–Kier alpha value is -2.08. The number of nitrogens with zero attached hydrogens (tertiary/aromatic N) is 1. The lowest BCUT2D eigenvalue weighted by atomic mass is 9.92. The standard InChI is InChI=1S/C19H25ClN2O4/c1-11-13(18(25)26)7-8-22(11)17(24)14-9-12(5-6-15(14)20)21-16(23)10-19(2,3)4/h5-6,9,11,13H,7-8,10H2,1-4H3,(H,21,23)(H,25,26). The predicted octanol–water partition coefficient (Wildman–Crippen LogP) is 3.65. The van der Waals surface area contributed by atoms with Crippen LogP contribution in [0, 0.1) is 11.3 Å². The summed E-state index contributed by atoms with van der Waals surface area (Å²) in [5.74, 6) is -1.94. The summed E-state index contributed by atoms with van der Waals surface area (Å²) < 4.78 is 0. The molecule has 0 radical (unpaired) electrons. The van der Waals surface area contributed by atoms with Gasteiger partial charge in [-0.3, -0.25) is 14.4 Å². The van der Waals surface area contributed by atoms with Crippen molar-refractivity contribution in [1.82, 2.24) is 4.90 Å². The second-order valence-electron chi connectivity index (χ2n) is 7.95. The fraction of sp³-hybridized carbons (Fsp3) is 0.526. The average molecular weight is 381 g/mol. The number of amides is 2. The molecule has 1 fully saturated rings. The summed E-state index contributed by atoms with van der Waals surface area (Å²) in [6.07, 6.45) is 0.768. The zero-order chi connectivity index (χ0) is 19.6. The van der Waals surface area contributed by atoms with Crippen LogP contribution in [0.15, 0.2) is 18.2 Å². The van der Waals surface area contributed by atoms with Gasteiger partial charge in [-0.15, -0.1) is 0 Å². The molecular formula is C19H25ClN2O4. The normalized spacial score (nSPS) is 20.1. The second kappa shape index (κ2) is 7.66. The van der Waals surface area contributed by atoms with E-state index in [-0.39, 0.29) is 27.8 Å². The Morgan fingerprint density at radius 3 is 2.50 bits per heavy atom. The lowest BCUT2D eigenvalue weighted by Gasteiger charge is -2.24. The highest BCUT2D eigenvalue weighted by Gasteiger charge is 2.38. The molecule has 1 saturated heterocycles. The molecule has 26 heavy (non-hydrogen) atoms. The SMILES string of the molecule is CC1C(C(=O)O)CCN1C(=O)c1cc(NC(=O)CC(C)(C)C)ccc1Cl. The number of carboxylic acids is 1. The highest BCUT2D eigenvalue weighted by molar-refractivity contribution is 6.34. The topological polar surface area (TPSA) is 86.7 Å². The number of hydrogen-bond donors (Lipinski definition) is 2. The van der Waals surface area contributed by atoms with E-state index in [9.17, 15) is 19.5 Å². The zero-order valence-corrected chi connectivity index (χ0v) is 16.3. The molecule has 2 N–H and O–H groups in total. The van der Waals surface area contributed by atoms with Crippen molar-refractivity contribution >= 4 is 35.1 Å². The van der Waals surface area contributed by atoms with Crippen LogP contribution in [-0.4, -0.2) is 40.4 Å². The van der Waals surface area contributed by atoms with Crippen molar-refractivity contribution in [1.29, 1.82) is 0 Å². The number of likely N-dealkylation sites (tertiary alicyclic amines) is 1. The van der Waals surface area contributed by atoms with Crippen LogP contribution < -0.4 is 5.32 Å². The molecular weight excluding hydrogens is 356 g/mol. The first-order valence-corrected chi connectivity index (χ1v) is 9.00. The third-order valence-corrected chi connectivity index (χ3v) is 4.83. The number of nitrogens with one attached hydrogen (secondary N) is 1. The Morgan fingerprint density at radius 1 is 1.31 bits per heavy atom. The summed E-state index contributed by atoms with van der Waals surface area (Å²) in [6.45, 7) is 8.01. The molecule has 6 nitrogen and oxygen atoms in total. The molecule has 0 saturated carbocycles. The van der Waals surface area contributed by atoms with E-state index in [0.717, 1.165) is 0 Å². The molecule has 7 heteroatoms. The third-order valence-electron chi connectivity index (χ3n) is 4.50. The quantitative estimate of drug-likeness (QED) is 0.834. The molecule has 2 atom stereocenters. The Morgan fingerprint density at radius 2 is 1.96 bits per heavy atom. The van der Waals surface area contributed by atoms with Gasteiger partial charge < -0.3 is 15.3 Å². The molecule has 0 spiro atoms. The number of benzene rings is 1. The van der Waals surface area contributed by atoms with Crippen molar-refractivity contribution in [2.45, 2.75) is 46.6 Å². The number of carboxylic acid groups (broad SMARTS) is 1. The van der Waals surface area contributed by atoms with Gasteiger partial charge in [0.15, 0.2) is 0 Å². The Bertz CT molecular complexity index is 727. The van der Waals surface area contributed by atoms with Gasteiger partial charge in [0.25, 0.3) is 5.91 Å². The van der Waals surface area contributed by atoms with Crippen LogP contribution in [0.3, 0.4) is 0 Å². The van der Waals surface area contributed by atoms with Crippen LogP contribution in [0.5, 0.6) is 0 Å². The Labute approximate surface area is 158 Å². The van der Waals surface area contributed by atoms with Gasteiger partial charge in [-0.25, -0.2) is 0 Å². The van der Waals surface area contributed by atoms with Crippen LogP contribution in [-0.2, 0) is 9.59 Å². The van der Waals surface area contributed by atoms with Crippen molar-refractivity contribution in [3.63, 3.8) is 0 Å². The van der Waals surface area contributed by atoms with E-state index in [1.807, 2.05) is 20.8 Å². The minimum Gasteiger partial charge on any atom is -0.481 e. The Balaban J connectivity index is 2.18. The summed E-state index contributed by atoms with van der Waals surface area (Å²) in [6, 6.07) is 4.35. The third kappa shape index (κ3) is 4.75. The van der Waals surface area contributed by atoms with E-state index in [1.54, 1.807) is 25.1 Å². The van der Waals surface area contributed by atoms with Gasteiger partial charge >= 0.3 is 5.97 Å². The molecule has 0 aliphatic carbocycles. The molecule has 0 aromatic heterocycles. The van der Waals surface area contributed by atoms with Crippen LogP contribution in [0.25, 0.3) is 0 Å². The number of carbonyl (C=O) groups excluding carboxylic acids is 2. The van der Waals surface area contributed by atoms with E-state index in [1.165, 1.54) is 4.90 Å². The van der Waals surface area contributed by atoms with E-state index >= 15 is 0 Å². The highest BCUT2D eigenvalue weighted by atomic mass is 35.5. The molecule has 1 aromatic rings. The van der Waals surface area contributed by atoms with Crippen molar-refractivity contribution in [2.24, 2.45) is 11.3 Å². The summed E-state index contributed by atoms with van der Waals surface area (Å²) in [5, 5.41) is 12.3. The predicted molar refractivity (Wildman–Crippen MR) is 100 cm³/mol. The number of rotatable bonds is 4. The minimum absolute atomic E-state index is 0.140. The maximum absolute atomic E-state index is 12.8. The number of hydrogen-bond acceptors (Lipinski definition) is 3. The fourth-order valence-corrected chi connectivity index (χ4v) is 3.36. The van der Waals surface area contributed by atoms with Crippen LogP contribution >= 0.6 is 11.6 Å². The zero-order valence-electron chi connectivity index (χ0n) is 15.5. The van der Waals surface area contributed by atoms with Gasteiger partial charge in [0, 0.05) is 24.7 Å². The Kier molecular flexibility index (Phi) is 5.96. The monoisotopic (exact) mass is 380 g/mol. The fourth-order valence-electron chi connectivity index (χ4n) is 3.17. The summed E-state index contributed by atoms with van der Waals surface area (Å²) >= 11 is 6.18. The largest absolute Gasteiger partial charge is 0.481 e. The van der Waals surface area contributed by atoms with Gasteiger partial charge in [0.05, 0.1) is 16.5 Å². The maximum Gasteiger partial charge on any atom is 0.308 e. The molecule has 1 aromatic carbocycles. The maximum atomic E-state index is 12.8. The molecule has 1 heterocycles. The molecule has 1 aliphatic heterocycles. The molecule has 2 unspecified atom stereocenters. The second-order valence-corrected chi connectivity index (χ2v) is 8.36. The lowest BCUT2D eigenvalue weighted by molar-refractivity contribution is -0.142. The van der Waals surface area contributed by atoms with E-state index < -0.39 is 17.9 Å². The first kappa shape index (κ1) is 20.2. The van der Waals surface area contributed by atoms with Crippen molar-refractivity contribution in [2.75, 3.05) is 11.9 Å². The van der Waals surface area contributed by atoms with E-state index in [4.69, 9.17) is 11.6 Å². The first-order chi connectivity index (χ1) is 12.0. The molecule has 0 bridgehead atoms. The summed E-state index contributed by atoms with van der Waals surface area (Å²) in [4.78, 5) is 37.8. The van der Waals surface area contributed by atoms with Crippen LogP contribution in [0.4, 0.5) is 5.69 Å². The number of halogens is 1.